The number of amides is 1. The molecule has 0 saturated carbocycles. The van der Waals surface area contributed by atoms with Crippen molar-refractivity contribution in [3.8, 4) is 0 Å². The van der Waals surface area contributed by atoms with Crippen LogP contribution in [0.1, 0.15) is 23.1 Å². The van der Waals surface area contributed by atoms with Crippen molar-refractivity contribution in [2.45, 2.75) is 24.8 Å². The molecule has 11 heteroatoms. The molecular formula is C15H13F6NO3S. The standard InChI is InChI=1S/C15H13F6NO3S/c16-14(17,18)10-5-9(6-11(7-10)15(19,20)21)1-2-13(23)22-12-3-4-26(24,25)8-12/h1-2,5-7,12H,3-4,8H2,(H,22,23)/b2-1+. The Hall–Kier alpha value is -2.04. The summed E-state index contributed by atoms with van der Waals surface area (Å²) in [6, 6.07) is 0.322. The Morgan fingerprint density at radius 3 is 2.00 bits per heavy atom. The van der Waals surface area contributed by atoms with Gasteiger partial charge in [0, 0.05) is 12.1 Å². The van der Waals surface area contributed by atoms with Crippen molar-refractivity contribution in [2.75, 3.05) is 11.5 Å². The molecule has 0 aliphatic carbocycles. The highest BCUT2D eigenvalue weighted by molar-refractivity contribution is 7.91. The second kappa shape index (κ2) is 6.93. The van der Waals surface area contributed by atoms with E-state index in [-0.39, 0.29) is 24.0 Å². The molecule has 0 aromatic heterocycles. The van der Waals surface area contributed by atoms with Gasteiger partial charge < -0.3 is 5.32 Å². The van der Waals surface area contributed by atoms with Gasteiger partial charge in [-0.3, -0.25) is 4.79 Å². The lowest BCUT2D eigenvalue weighted by Crippen LogP contribution is -2.34. The fraction of sp³-hybridized carbons (Fsp3) is 0.400. The summed E-state index contributed by atoms with van der Waals surface area (Å²) < 4.78 is 99.1. The van der Waals surface area contributed by atoms with Crippen LogP contribution in [0.5, 0.6) is 0 Å². The van der Waals surface area contributed by atoms with E-state index in [0.717, 1.165) is 12.2 Å². The monoisotopic (exact) mass is 401 g/mol. The Morgan fingerprint density at radius 1 is 1.04 bits per heavy atom. The summed E-state index contributed by atoms with van der Waals surface area (Å²) in [5.74, 6) is -1.16. The first-order valence-corrected chi connectivity index (χ1v) is 9.07. The summed E-state index contributed by atoms with van der Waals surface area (Å²) in [4.78, 5) is 11.7. The van der Waals surface area contributed by atoms with Gasteiger partial charge in [-0.2, -0.15) is 26.3 Å². The minimum Gasteiger partial charge on any atom is -0.349 e. The summed E-state index contributed by atoms with van der Waals surface area (Å²) >= 11 is 0. The zero-order chi connectivity index (χ0) is 19.8. The third-order valence-corrected chi connectivity index (χ3v) is 5.38. The van der Waals surface area contributed by atoms with Crippen LogP contribution < -0.4 is 5.32 Å². The smallest absolute Gasteiger partial charge is 0.349 e. The molecule has 1 heterocycles. The Kier molecular flexibility index (Phi) is 5.41. The van der Waals surface area contributed by atoms with E-state index in [9.17, 15) is 39.6 Å². The zero-order valence-electron chi connectivity index (χ0n) is 13.0. The lowest BCUT2D eigenvalue weighted by Gasteiger charge is -2.13. The van der Waals surface area contributed by atoms with Crippen molar-refractivity contribution >= 4 is 21.8 Å². The molecule has 26 heavy (non-hydrogen) atoms. The molecule has 1 aliphatic rings. The number of hydrogen-bond acceptors (Lipinski definition) is 3. The summed E-state index contributed by atoms with van der Waals surface area (Å²) in [5, 5.41) is 2.35. The van der Waals surface area contributed by atoms with Crippen molar-refractivity contribution < 1.29 is 39.6 Å². The summed E-state index contributed by atoms with van der Waals surface area (Å²) in [6.07, 6.45) is -8.19. The molecule has 2 rings (SSSR count). The van der Waals surface area contributed by atoms with E-state index < -0.39 is 50.8 Å². The number of benzene rings is 1. The Balaban J connectivity index is 2.19. The van der Waals surface area contributed by atoms with Crippen LogP contribution in [0.2, 0.25) is 0 Å². The SMILES string of the molecule is O=C(/C=C/c1cc(C(F)(F)F)cc(C(F)(F)F)c1)NC1CCS(=O)(=O)C1. The number of sulfone groups is 1. The van der Waals surface area contributed by atoms with E-state index in [0.29, 0.717) is 12.1 Å². The molecule has 1 fully saturated rings. The van der Waals surface area contributed by atoms with E-state index in [1.54, 1.807) is 0 Å². The van der Waals surface area contributed by atoms with Crippen molar-refractivity contribution in [3.05, 3.63) is 41.0 Å². The van der Waals surface area contributed by atoms with Crippen molar-refractivity contribution in [1.29, 1.82) is 0 Å². The summed E-state index contributed by atoms with van der Waals surface area (Å²) in [5.41, 5.74) is -3.44. The lowest BCUT2D eigenvalue weighted by molar-refractivity contribution is -0.143. The lowest BCUT2D eigenvalue weighted by atomic mass is 10.0. The summed E-state index contributed by atoms with van der Waals surface area (Å²) in [6.45, 7) is 0. The maximum Gasteiger partial charge on any atom is 0.416 e. The van der Waals surface area contributed by atoms with Gasteiger partial charge in [0.15, 0.2) is 9.84 Å². The van der Waals surface area contributed by atoms with Crippen molar-refractivity contribution in [2.24, 2.45) is 0 Å². The van der Waals surface area contributed by atoms with Crippen LogP contribution in [-0.4, -0.2) is 31.9 Å². The summed E-state index contributed by atoms with van der Waals surface area (Å²) in [7, 11) is -3.24. The van der Waals surface area contributed by atoms with E-state index in [1.807, 2.05) is 0 Å². The molecule has 1 aromatic rings. The molecule has 0 radical (unpaired) electrons. The van der Waals surface area contributed by atoms with Crippen molar-refractivity contribution in [1.82, 2.24) is 5.32 Å². The van der Waals surface area contributed by atoms with Crippen molar-refractivity contribution in [3.63, 3.8) is 0 Å². The van der Waals surface area contributed by atoms with Crippen LogP contribution >= 0.6 is 0 Å². The molecule has 0 bridgehead atoms. The van der Waals surface area contributed by atoms with Gasteiger partial charge in [-0.05, 0) is 36.3 Å². The van der Waals surface area contributed by atoms with Crippen LogP contribution in [0.25, 0.3) is 6.08 Å². The predicted molar refractivity (Wildman–Crippen MR) is 80.7 cm³/mol. The molecule has 1 aromatic carbocycles. The van der Waals surface area contributed by atoms with Gasteiger partial charge in [0.25, 0.3) is 0 Å². The minimum absolute atomic E-state index is 0.0131. The number of rotatable bonds is 3. The number of carbonyl (C=O) groups excluding carboxylic acids is 1. The quantitative estimate of drug-likeness (QED) is 0.626. The normalized spacial score (nSPS) is 20.5. The first-order chi connectivity index (χ1) is 11.8. The molecule has 1 N–H and O–H groups in total. The van der Waals surface area contributed by atoms with Gasteiger partial charge in [0.05, 0.1) is 22.6 Å². The molecule has 1 saturated heterocycles. The van der Waals surface area contributed by atoms with E-state index in [2.05, 4.69) is 5.32 Å². The van der Waals surface area contributed by atoms with E-state index in [1.165, 1.54) is 0 Å². The molecule has 1 aliphatic heterocycles. The van der Waals surface area contributed by atoms with Gasteiger partial charge in [-0.1, -0.05) is 0 Å². The third kappa shape index (κ3) is 5.48. The molecule has 1 atom stereocenters. The average molecular weight is 401 g/mol. The van der Waals surface area contributed by atoms with Gasteiger partial charge >= 0.3 is 12.4 Å². The number of halogens is 6. The minimum atomic E-state index is -4.98. The maximum absolute atomic E-state index is 12.8. The second-order valence-corrected chi connectivity index (χ2v) is 8.01. The number of carbonyl (C=O) groups is 1. The molecule has 4 nitrogen and oxygen atoms in total. The molecule has 144 valence electrons. The number of nitrogens with one attached hydrogen (secondary N) is 1. The zero-order valence-corrected chi connectivity index (χ0v) is 13.8. The highest BCUT2D eigenvalue weighted by Crippen LogP contribution is 2.36. The Labute approximate surface area is 144 Å². The number of hydrogen-bond donors (Lipinski definition) is 1. The third-order valence-electron chi connectivity index (χ3n) is 3.62. The van der Waals surface area contributed by atoms with Crippen LogP contribution in [0, 0.1) is 0 Å². The Morgan fingerprint density at radius 2 is 1.58 bits per heavy atom. The van der Waals surface area contributed by atoms with E-state index >= 15 is 0 Å². The highest BCUT2D eigenvalue weighted by Gasteiger charge is 2.36. The van der Waals surface area contributed by atoms with Gasteiger partial charge in [-0.15, -0.1) is 0 Å². The second-order valence-electron chi connectivity index (χ2n) is 5.78. The predicted octanol–water partition coefficient (Wildman–Crippen LogP) is 3.04. The molecular weight excluding hydrogens is 388 g/mol. The van der Waals surface area contributed by atoms with Gasteiger partial charge in [0.2, 0.25) is 5.91 Å². The molecule has 1 unspecified atom stereocenters. The first kappa shape index (κ1) is 20.3. The largest absolute Gasteiger partial charge is 0.416 e. The average Bonchev–Trinajstić information content (AvgIpc) is 2.82. The maximum atomic E-state index is 12.8. The van der Waals surface area contributed by atoms with Gasteiger partial charge in [-0.25, -0.2) is 8.42 Å². The highest BCUT2D eigenvalue weighted by atomic mass is 32.2. The van der Waals surface area contributed by atoms with Crippen LogP contribution in [-0.2, 0) is 27.0 Å². The first-order valence-electron chi connectivity index (χ1n) is 7.25. The fourth-order valence-corrected chi connectivity index (χ4v) is 4.08. The van der Waals surface area contributed by atoms with Crippen LogP contribution in [0.15, 0.2) is 24.3 Å². The van der Waals surface area contributed by atoms with Crippen LogP contribution in [0.3, 0.4) is 0 Å². The molecule has 0 spiro atoms. The van der Waals surface area contributed by atoms with E-state index in [4.69, 9.17) is 0 Å². The van der Waals surface area contributed by atoms with Gasteiger partial charge in [0.1, 0.15) is 0 Å². The number of alkyl halides is 6. The fourth-order valence-electron chi connectivity index (χ4n) is 2.41. The van der Waals surface area contributed by atoms with Crippen LogP contribution in [0.4, 0.5) is 26.3 Å². The topological polar surface area (TPSA) is 63.2 Å². The Bertz CT molecular complexity index is 795. The molecule has 1 amide bonds.